The van der Waals surface area contributed by atoms with Crippen LogP contribution in [0.4, 0.5) is 17.1 Å². The fourth-order valence-electron chi connectivity index (χ4n) is 3.77. The molecule has 2 aliphatic heterocycles. The van der Waals surface area contributed by atoms with E-state index in [2.05, 4.69) is 15.5 Å². The van der Waals surface area contributed by atoms with Crippen LogP contribution >= 0.6 is 11.6 Å². The molecule has 2 aromatic carbocycles. The van der Waals surface area contributed by atoms with E-state index >= 15 is 0 Å². The van der Waals surface area contributed by atoms with Gasteiger partial charge < -0.3 is 20.4 Å². The molecule has 1 saturated heterocycles. The molecule has 7 nitrogen and oxygen atoms in total. The van der Waals surface area contributed by atoms with E-state index in [1.54, 1.807) is 23.1 Å². The van der Waals surface area contributed by atoms with Crippen molar-refractivity contribution in [2.24, 2.45) is 0 Å². The summed E-state index contributed by atoms with van der Waals surface area (Å²) in [6, 6.07) is 12.6. The minimum absolute atomic E-state index is 0.0769. The molecule has 8 heteroatoms. The lowest BCUT2D eigenvalue weighted by Crippen LogP contribution is -2.56. The molecule has 0 bridgehead atoms. The van der Waals surface area contributed by atoms with Gasteiger partial charge in [0.2, 0.25) is 5.91 Å². The van der Waals surface area contributed by atoms with E-state index in [9.17, 15) is 14.4 Å². The van der Waals surface area contributed by atoms with Crippen molar-refractivity contribution in [2.45, 2.75) is 19.4 Å². The van der Waals surface area contributed by atoms with Gasteiger partial charge in [-0.3, -0.25) is 14.4 Å². The number of benzene rings is 2. The van der Waals surface area contributed by atoms with E-state index in [1.165, 1.54) is 0 Å². The number of halogens is 1. The number of anilines is 3. The molecule has 2 aromatic rings. The molecule has 1 atom stereocenters. The number of carbonyl (C=O) groups is 3. The van der Waals surface area contributed by atoms with E-state index in [1.807, 2.05) is 31.2 Å². The molecule has 0 radical (unpaired) electrons. The third kappa shape index (κ3) is 4.05. The number of nitrogens with zero attached hydrogens (tertiary/aromatic N) is 2. The summed E-state index contributed by atoms with van der Waals surface area (Å²) in [4.78, 5) is 40.4. The molecule has 0 spiro atoms. The summed E-state index contributed by atoms with van der Waals surface area (Å²) in [5, 5.41) is 6.08. The zero-order chi connectivity index (χ0) is 20.5. The molecule has 29 heavy (non-hydrogen) atoms. The lowest BCUT2D eigenvalue weighted by Gasteiger charge is -2.40. The number of nitrogens with one attached hydrogen (secondary N) is 2. The Bertz CT molecular complexity index is 976. The van der Waals surface area contributed by atoms with Gasteiger partial charge in [0.25, 0.3) is 0 Å². The van der Waals surface area contributed by atoms with Gasteiger partial charge in [0.1, 0.15) is 0 Å². The van der Waals surface area contributed by atoms with E-state index in [4.69, 9.17) is 11.6 Å². The van der Waals surface area contributed by atoms with Gasteiger partial charge in [0.15, 0.2) is 0 Å². The zero-order valence-electron chi connectivity index (χ0n) is 15.9. The van der Waals surface area contributed by atoms with Crippen molar-refractivity contribution in [2.75, 3.05) is 35.2 Å². The SMILES string of the molecule is C[C@@H]1CN(c2ccc(Cl)cc2)CCN1C(=O)C(=O)Nc1ccc2c(c1)CC(=O)N2. The highest BCUT2D eigenvalue weighted by Crippen LogP contribution is 2.26. The van der Waals surface area contributed by atoms with Crippen LogP contribution in [0.5, 0.6) is 0 Å². The van der Waals surface area contributed by atoms with Gasteiger partial charge in [0.05, 0.1) is 6.42 Å². The van der Waals surface area contributed by atoms with E-state index in [0.29, 0.717) is 30.3 Å². The Morgan fingerprint density at radius 3 is 2.62 bits per heavy atom. The Labute approximate surface area is 173 Å². The highest BCUT2D eigenvalue weighted by atomic mass is 35.5. The number of piperazine rings is 1. The van der Waals surface area contributed by atoms with Crippen LogP contribution in [-0.4, -0.2) is 48.3 Å². The summed E-state index contributed by atoms with van der Waals surface area (Å²) < 4.78 is 0. The molecule has 4 rings (SSSR count). The molecule has 1 fully saturated rings. The minimum Gasteiger partial charge on any atom is -0.368 e. The molecule has 3 amide bonds. The summed E-state index contributed by atoms with van der Waals surface area (Å²) in [6.45, 7) is 3.66. The van der Waals surface area contributed by atoms with Crippen molar-refractivity contribution in [3.8, 4) is 0 Å². The number of carbonyl (C=O) groups excluding carboxylic acids is 3. The smallest absolute Gasteiger partial charge is 0.313 e. The number of hydrogen-bond donors (Lipinski definition) is 2. The van der Waals surface area contributed by atoms with Gasteiger partial charge in [-0.25, -0.2) is 0 Å². The Hall–Kier alpha value is -3.06. The molecule has 0 aromatic heterocycles. The highest BCUT2D eigenvalue weighted by molar-refractivity contribution is 6.39. The number of amides is 3. The Kier molecular flexibility index (Phi) is 5.15. The van der Waals surface area contributed by atoms with Gasteiger partial charge in [-0.05, 0) is 55.0 Å². The van der Waals surface area contributed by atoms with Crippen LogP contribution in [-0.2, 0) is 20.8 Å². The summed E-state index contributed by atoms with van der Waals surface area (Å²) in [6.07, 6.45) is 0.274. The van der Waals surface area contributed by atoms with Crippen LogP contribution in [0.2, 0.25) is 5.02 Å². The first-order valence-electron chi connectivity index (χ1n) is 9.46. The van der Waals surface area contributed by atoms with Crippen molar-refractivity contribution in [3.05, 3.63) is 53.1 Å². The fourth-order valence-corrected chi connectivity index (χ4v) is 3.89. The third-order valence-corrected chi connectivity index (χ3v) is 5.51. The molecule has 150 valence electrons. The van der Waals surface area contributed by atoms with Gasteiger partial charge in [-0.2, -0.15) is 0 Å². The van der Waals surface area contributed by atoms with Crippen LogP contribution in [0.3, 0.4) is 0 Å². The average Bonchev–Trinajstić information content (AvgIpc) is 3.07. The largest absolute Gasteiger partial charge is 0.368 e. The predicted octanol–water partition coefficient (Wildman–Crippen LogP) is 2.51. The van der Waals surface area contributed by atoms with Crippen molar-refractivity contribution in [3.63, 3.8) is 0 Å². The monoisotopic (exact) mass is 412 g/mol. The first kappa shape index (κ1) is 19.3. The molecular weight excluding hydrogens is 392 g/mol. The fraction of sp³-hybridized carbons (Fsp3) is 0.286. The molecule has 2 aliphatic rings. The van der Waals surface area contributed by atoms with Gasteiger partial charge in [-0.1, -0.05) is 11.6 Å². The van der Waals surface area contributed by atoms with Crippen LogP contribution < -0.4 is 15.5 Å². The van der Waals surface area contributed by atoms with Crippen molar-refractivity contribution >= 4 is 46.4 Å². The van der Waals surface area contributed by atoms with Gasteiger partial charge in [-0.15, -0.1) is 0 Å². The molecular formula is C21H21ClN4O3. The Morgan fingerprint density at radius 1 is 1.14 bits per heavy atom. The standard InChI is InChI=1S/C21H21ClN4O3/c1-13-12-25(17-5-2-15(22)3-6-17)8-9-26(13)21(29)20(28)23-16-4-7-18-14(10-16)11-19(27)24-18/h2-7,10,13H,8-9,11-12H2,1H3,(H,23,28)(H,24,27)/t13-/m1/s1. The Morgan fingerprint density at radius 2 is 1.90 bits per heavy atom. The second-order valence-corrected chi connectivity index (χ2v) is 7.76. The van der Waals surface area contributed by atoms with Crippen molar-refractivity contribution in [1.82, 2.24) is 4.90 Å². The first-order chi connectivity index (χ1) is 13.9. The third-order valence-electron chi connectivity index (χ3n) is 5.26. The van der Waals surface area contributed by atoms with Crippen LogP contribution in [0.15, 0.2) is 42.5 Å². The molecule has 0 unspecified atom stereocenters. The van der Waals surface area contributed by atoms with E-state index in [0.717, 1.165) is 16.9 Å². The predicted molar refractivity (Wildman–Crippen MR) is 112 cm³/mol. The maximum atomic E-state index is 12.7. The van der Waals surface area contributed by atoms with Crippen LogP contribution in [0.1, 0.15) is 12.5 Å². The number of rotatable bonds is 2. The quantitative estimate of drug-likeness (QED) is 0.742. The second-order valence-electron chi connectivity index (χ2n) is 7.32. The van der Waals surface area contributed by atoms with E-state index in [-0.39, 0.29) is 18.4 Å². The van der Waals surface area contributed by atoms with Crippen LogP contribution in [0.25, 0.3) is 0 Å². The normalized spacial score (nSPS) is 18.3. The van der Waals surface area contributed by atoms with Gasteiger partial charge >= 0.3 is 11.8 Å². The molecule has 0 saturated carbocycles. The summed E-state index contributed by atoms with van der Waals surface area (Å²) in [7, 11) is 0. The maximum Gasteiger partial charge on any atom is 0.313 e. The number of hydrogen-bond acceptors (Lipinski definition) is 4. The van der Waals surface area contributed by atoms with Crippen LogP contribution in [0, 0.1) is 0 Å². The summed E-state index contributed by atoms with van der Waals surface area (Å²) in [5.41, 5.74) is 3.10. The summed E-state index contributed by atoms with van der Waals surface area (Å²) in [5.74, 6) is -1.30. The Balaban J connectivity index is 1.38. The van der Waals surface area contributed by atoms with Crippen molar-refractivity contribution in [1.29, 1.82) is 0 Å². The molecule has 0 aliphatic carbocycles. The zero-order valence-corrected chi connectivity index (χ0v) is 16.7. The lowest BCUT2D eigenvalue weighted by molar-refractivity contribution is -0.144. The molecule has 2 heterocycles. The van der Waals surface area contributed by atoms with Gasteiger partial charge in [0, 0.05) is 47.8 Å². The second kappa shape index (κ2) is 7.75. The number of fused-ring (bicyclic) bond motifs is 1. The lowest BCUT2D eigenvalue weighted by atomic mass is 10.1. The average molecular weight is 413 g/mol. The van der Waals surface area contributed by atoms with E-state index < -0.39 is 11.8 Å². The minimum atomic E-state index is -0.672. The summed E-state index contributed by atoms with van der Waals surface area (Å²) >= 11 is 5.95. The highest BCUT2D eigenvalue weighted by Gasteiger charge is 2.31. The maximum absolute atomic E-state index is 12.7. The first-order valence-corrected chi connectivity index (χ1v) is 9.84. The molecule has 2 N–H and O–H groups in total. The topological polar surface area (TPSA) is 81.8 Å². The van der Waals surface area contributed by atoms with Crippen molar-refractivity contribution < 1.29 is 14.4 Å².